The first-order valence-corrected chi connectivity index (χ1v) is 6.17. The number of hydrogen-bond acceptors (Lipinski definition) is 6. The van der Waals surface area contributed by atoms with Crippen LogP contribution in [0, 0.1) is 10.1 Å². The molecule has 1 aliphatic heterocycles. The molecule has 0 spiro atoms. The van der Waals surface area contributed by atoms with Crippen LogP contribution in [-0.4, -0.2) is 41.2 Å². The number of hydrogen-bond donors (Lipinski definition) is 1. The molecule has 20 heavy (non-hydrogen) atoms. The number of H-pyrrole nitrogens is 1. The van der Waals surface area contributed by atoms with Gasteiger partial charge in [0.1, 0.15) is 0 Å². The molecule has 3 rings (SSSR count). The highest BCUT2D eigenvalue weighted by Crippen LogP contribution is 2.22. The molecule has 104 valence electrons. The Labute approximate surface area is 113 Å². The van der Waals surface area contributed by atoms with Crippen molar-refractivity contribution in [3.05, 3.63) is 38.7 Å². The minimum atomic E-state index is -0.530. The van der Waals surface area contributed by atoms with E-state index in [0.29, 0.717) is 32.3 Å². The van der Waals surface area contributed by atoms with E-state index in [4.69, 9.17) is 4.74 Å². The summed E-state index contributed by atoms with van der Waals surface area (Å²) in [6.07, 6.45) is 0. The fourth-order valence-electron chi connectivity index (χ4n) is 2.21. The third-order valence-electron chi connectivity index (χ3n) is 3.21. The summed E-state index contributed by atoms with van der Waals surface area (Å²) >= 11 is 0. The minimum absolute atomic E-state index is 0.114. The Balaban J connectivity index is 2.18. The fraction of sp³-hybridized carbons (Fsp3) is 0.333. The van der Waals surface area contributed by atoms with Gasteiger partial charge in [-0.2, -0.15) is 0 Å². The number of aromatic nitrogens is 2. The van der Waals surface area contributed by atoms with E-state index in [-0.39, 0.29) is 22.1 Å². The summed E-state index contributed by atoms with van der Waals surface area (Å²) in [6, 6.07) is 4.35. The van der Waals surface area contributed by atoms with Crippen molar-refractivity contribution < 1.29 is 9.66 Å². The number of fused-ring (bicyclic) bond motifs is 1. The quantitative estimate of drug-likeness (QED) is 0.639. The van der Waals surface area contributed by atoms with Crippen LogP contribution < -0.4 is 10.5 Å². The molecule has 8 nitrogen and oxygen atoms in total. The smallest absolute Gasteiger partial charge is 0.295 e. The molecule has 1 aromatic heterocycles. The van der Waals surface area contributed by atoms with Gasteiger partial charge < -0.3 is 9.64 Å². The molecule has 1 N–H and O–H groups in total. The molecule has 0 atom stereocenters. The average Bonchev–Trinajstić information content (AvgIpc) is 2.47. The number of nitro benzene ring substituents is 1. The average molecular weight is 276 g/mol. The van der Waals surface area contributed by atoms with Crippen molar-refractivity contribution in [2.75, 3.05) is 31.2 Å². The standard InChI is InChI=1S/C12H12N4O4/c17-11-8-2-1-3-9(16(18)19)10(8)13-12(14-11)15-4-6-20-7-5-15/h1-3H,4-7H2,(H,13,14,17). The first kappa shape index (κ1) is 12.5. The number of rotatable bonds is 2. The van der Waals surface area contributed by atoms with Crippen molar-refractivity contribution in [1.29, 1.82) is 0 Å². The number of para-hydroxylation sites is 1. The topological polar surface area (TPSA) is 101 Å². The molecule has 2 heterocycles. The molecule has 1 aromatic carbocycles. The molecule has 0 amide bonds. The molecule has 0 radical (unpaired) electrons. The highest BCUT2D eigenvalue weighted by atomic mass is 16.6. The Morgan fingerprint density at radius 3 is 2.80 bits per heavy atom. The molecule has 0 saturated carbocycles. The van der Waals surface area contributed by atoms with Crippen LogP contribution in [0.4, 0.5) is 11.6 Å². The van der Waals surface area contributed by atoms with Gasteiger partial charge in [0.15, 0.2) is 5.52 Å². The molecular formula is C12H12N4O4. The number of anilines is 1. The van der Waals surface area contributed by atoms with Crippen LogP contribution in [0.5, 0.6) is 0 Å². The van der Waals surface area contributed by atoms with E-state index in [1.807, 2.05) is 4.90 Å². The van der Waals surface area contributed by atoms with Crippen molar-refractivity contribution in [3.8, 4) is 0 Å². The summed E-state index contributed by atoms with van der Waals surface area (Å²) in [4.78, 5) is 31.3. The third kappa shape index (κ3) is 2.10. The Kier molecular flexibility index (Phi) is 3.07. The zero-order valence-corrected chi connectivity index (χ0v) is 10.5. The lowest BCUT2D eigenvalue weighted by Gasteiger charge is -2.27. The second kappa shape index (κ2) is 4.89. The van der Waals surface area contributed by atoms with E-state index < -0.39 is 4.92 Å². The van der Waals surface area contributed by atoms with Gasteiger partial charge in [-0.05, 0) is 6.07 Å². The predicted octanol–water partition coefficient (Wildman–Crippen LogP) is 0.668. The first-order valence-electron chi connectivity index (χ1n) is 6.17. The van der Waals surface area contributed by atoms with Crippen LogP contribution in [0.3, 0.4) is 0 Å². The van der Waals surface area contributed by atoms with E-state index in [2.05, 4.69) is 9.97 Å². The molecule has 1 saturated heterocycles. The van der Waals surface area contributed by atoms with E-state index in [0.717, 1.165) is 0 Å². The summed E-state index contributed by atoms with van der Waals surface area (Å²) in [7, 11) is 0. The molecule has 8 heteroatoms. The predicted molar refractivity (Wildman–Crippen MR) is 72.1 cm³/mol. The number of nitro groups is 1. The first-order chi connectivity index (χ1) is 9.66. The van der Waals surface area contributed by atoms with E-state index >= 15 is 0 Å². The molecule has 0 bridgehead atoms. The molecule has 0 unspecified atom stereocenters. The summed E-state index contributed by atoms with van der Waals surface area (Å²) in [6.45, 7) is 2.27. The van der Waals surface area contributed by atoms with Crippen LogP contribution in [0.2, 0.25) is 0 Å². The van der Waals surface area contributed by atoms with Gasteiger partial charge in [-0.3, -0.25) is 19.9 Å². The minimum Gasteiger partial charge on any atom is -0.378 e. The lowest BCUT2D eigenvalue weighted by atomic mass is 10.2. The number of non-ortho nitro benzene ring substituents is 1. The number of nitrogens with one attached hydrogen (secondary N) is 1. The number of nitrogens with zero attached hydrogens (tertiary/aromatic N) is 3. The molecule has 1 fully saturated rings. The number of aromatic amines is 1. The van der Waals surface area contributed by atoms with Crippen LogP contribution in [-0.2, 0) is 4.74 Å². The van der Waals surface area contributed by atoms with Crippen molar-refractivity contribution in [3.63, 3.8) is 0 Å². The highest BCUT2D eigenvalue weighted by molar-refractivity contribution is 5.87. The van der Waals surface area contributed by atoms with Crippen molar-refractivity contribution in [2.24, 2.45) is 0 Å². The second-order valence-corrected chi connectivity index (χ2v) is 4.42. The van der Waals surface area contributed by atoms with Crippen molar-refractivity contribution in [1.82, 2.24) is 9.97 Å². The van der Waals surface area contributed by atoms with Crippen molar-refractivity contribution in [2.45, 2.75) is 0 Å². The number of morpholine rings is 1. The molecule has 2 aromatic rings. The van der Waals surface area contributed by atoms with Gasteiger partial charge in [0.05, 0.1) is 23.5 Å². The van der Waals surface area contributed by atoms with Gasteiger partial charge in [0.2, 0.25) is 5.95 Å². The van der Waals surface area contributed by atoms with Crippen LogP contribution in [0.15, 0.2) is 23.0 Å². The summed E-state index contributed by atoms with van der Waals surface area (Å²) in [5.74, 6) is 0.347. The fourth-order valence-corrected chi connectivity index (χ4v) is 2.21. The summed E-state index contributed by atoms with van der Waals surface area (Å²) in [5.41, 5.74) is -0.425. The normalized spacial score (nSPS) is 15.5. The maximum absolute atomic E-state index is 12.0. The van der Waals surface area contributed by atoms with Gasteiger partial charge in [-0.25, -0.2) is 4.98 Å². The zero-order chi connectivity index (χ0) is 14.1. The van der Waals surface area contributed by atoms with Crippen LogP contribution in [0.25, 0.3) is 10.9 Å². The monoisotopic (exact) mass is 276 g/mol. The molecule has 1 aliphatic rings. The van der Waals surface area contributed by atoms with Gasteiger partial charge in [-0.1, -0.05) is 6.07 Å². The maximum Gasteiger partial charge on any atom is 0.295 e. The largest absolute Gasteiger partial charge is 0.378 e. The number of benzene rings is 1. The summed E-state index contributed by atoms with van der Waals surface area (Å²) < 4.78 is 5.23. The lowest BCUT2D eigenvalue weighted by Crippen LogP contribution is -2.38. The Morgan fingerprint density at radius 2 is 2.10 bits per heavy atom. The lowest BCUT2D eigenvalue weighted by molar-refractivity contribution is -0.383. The van der Waals surface area contributed by atoms with Crippen molar-refractivity contribution >= 4 is 22.5 Å². The SMILES string of the molecule is O=c1[nH]c(N2CCOCC2)nc2c([N+](=O)[O-])cccc12. The number of ether oxygens (including phenoxy) is 1. The zero-order valence-electron chi connectivity index (χ0n) is 10.5. The molecule has 0 aliphatic carbocycles. The Bertz CT molecular complexity index is 721. The van der Waals surface area contributed by atoms with E-state index in [1.165, 1.54) is 18.2 Å². The van der Waals surface area contributed by atoms with Gasteiger partial charge >= 0.3 is 0 Å². The van der Waals surface area contributed by atoms with E-state index in [9.17, 15) is 14.9 Å². The van der Waals surface area contributed by atoms with Gasteiger partial charge in [-0.15, -0.1) is 0 Å². The van der Waals surface area contributed by atoms with Crippen LogP contribution in [0.1, 0.15) is 0 Å². The van der Waals surface area contributed by atoms with Gasteiger partial charge in [0, 0.05) is 19.2 Å². The summed E-state index contributed by atoms with van der Waals surface area (Å²) in [5, 5.41) is 11.3. The highest BCUT2D eigenvalue weighted by Gasteiger charge is 2.19. The second-order valence-electron chi connectivity index (χ2n) is 4.42. The van der Waals surface area contributed by atoms with Gasteiger partial charge in [0.25, 0.3) is 11.2 Å². The van der Waals surface area contributed by atoms with Crippen LogP contribution >= 0.6 is 0 Å². The third-order valence-corrected chi connectivity index (χ3v) is 3.21. The Morgan fingerprint density at radius 1 is 1.35 bits per heavy atom. The molecular weight excluding hydrogens is 264 g/mol. The van der Waals surface area contributed by atoms with E-state index in [1.54, 1.807) is 0 Å². The Hall–Kier alpha value is -2.48. The maximum atomic E-state index is 12.0.